The minimum Gasteiger partial charge on any atom is -0.326 e. The lowest BCUT2D eigenvalue weighted by atomic mass is 9.92. The third-order valence-corrected chi connectivity index (χ3v) is 8.07. The maximum absolute atomic E-state index is 13.7. The Bertz CT molecular complexity index is 1340. The Morgan fingerprint density at radius 2 is 1.66 bits per heavy atom. The molecule has 0 aliphatic carbocycles. The molecule has 2 N–H and O–H groups in total. The zero-order valence-electron chi connectivity index (χ0n) is 19.2. The van der Waals surface area contributed by atoms with Gasteiger partial charge in [-0.2, -0.15) is 4.31 Å². The topological polar surface area (TPSA) is 95.6 Å². The van der Waals surface area contributed by atoms with E-state index in [9.17, 15) is 18.0 Å². The number of sulfonamides is 1. The van der Waals surface area contributed by atoms with E-state index in [1.54, 1.807) is 43.3 Å². The Kier molecular flexibility index (Phi) is 7.54. The monoisotopic (exact) mass is 511 g/mol. The summed E-state index contributed by atoms with van der Waals surface area (Å²) in [4.78, 5) is 24.7. The van der Waals surface area contributed by atoms with E-state index in [0.29, 0.717) is 29.2 Å². The normalized spacial score (nSPS) is 15.8. The van der Waals surface area contributed by atoms with E-state index >= 15 is 0 Å². The van der Waals surface area contributed by atoms with Gasteiger partial charge >= 0.3 is 0 Å². The maximum Gasteiger partial charge on any atom is 0.243 e. The summed E-state index contributed by atoms with van der Waals surface area (Å²) in [6, 6.07) is 19.8. The highest BCUT2D eigenvalue weighted by Crippen LogP contribution is 2.36. The summed E-state index contributed by atoms with van der Waals surface area (Å²) in [5.41, 5.74) is 2.91. The molecule has 1 atom stereocenters. The first-order chi connectivity index (χ1) is 16.8. The van der Waals surface area contributed by atoms with E-state index in [2.05, 4.69) is 10.6 Å². The van der Waals surface area contributed by atoms with E-state index in [4.69, 9.17) is 11.6 Å². The average molecular weight is 512 g/mol. The van der Waals surface area contributed by atoms with Crippen molar-refractivity contribution in [1.82, 2.24) is 4.31 Å². The van der Waals surface area contributed by atoms with Crippen molar-refractivity contribution in [2.24, 2.45) is 0 Å². The number of benzene rings is 3. The van der Waals surface area contributed by atoms with Gasteiger partial charge in [-0.05, 0) is 60.0 Å². The number of amides is 2. The van der Waals surface area contributed by atoms with Crippen LogP contribution in [0.3, 0.4) is 0 Å². The van der Waals surface area contributed by atoms with Crippen LogP contribution in [0.25, 0.3) is 0 Å². The molecule has 0 radical (unpaired) electrons. The van der Waals surface area contributed by atoms with Crippen LogP contribution in [0.2, 0.25) is 5.02 Å². The average Bonchev–Trinajstić information content (AvgIpc) is 2.84. The van der Waals surface area contributed by atoms with Crippen molar-refractivity contribution in [1.29, 1.82) is 0 Å². The number of anilines is 2. The van der Waals surface area contributed by atoms with Crippen LogP contribution < -0.4 is 10.6 Å². The van der Waals surface area contributed by atoms with E-state index in [1.807, 2.05) is 24.3 Å². The fraction of sp³-hybridized carbons (Fsp3) is 0.231. The molecule has 4 rings (SSSR count). The summed E-state index contributed by atoms with van der Waals surface area (Å²) >= 11 is 6.02. The second kappa shape index (κ2) is 10.6. The predicted molar refractivity (Wildman–Crippen MR) is 137 cm³/mol. The van der Waals surface area contributed by atoms with Gasteiger partial charge in [-0.3, -0.25) is 9.59 Å². The highest BCUT2D eigenvalue weighted by molar-refractivity contribution is 7.89. The van der Waals surface area contributed by atoms with Crippen LogP contribution in [0.15, 0.2) is 77.7 Å². The molecule has 0 aromatic heterocycles. The van der Waals surface area contributed by atoms with Gasteiger partial charge in [-0.25, -0.2) is 8.42 Å². The minimum atomic E-state index is -3.91. The number of nitrogens with zero attached hydrogens (tertiary/aromatic N) is 1. The zero-order valence-corrected chi connectivity index (χ0v) is 20.8. The second-order valence-corrected chi connectivity index (χ2v) is 10.6. The molecule has 3 aromatic rings. The van der Waals surface area contributed by atoms with Crippen molar-refractivity contribution in [3.63, 3.8) is 0 Å². The fourth-order valence-electron chi connectivity index (χ4n) is 4.18. The van der Waals surface area contributed by atoms with Crippen molar-refractivity contribution in [3.8, 4) is 0 Å². The number of fused-ring (bicyclic) bond motifs is 1. The molecule has 35 heavy (non-hydrogen) atoms. The first-order valence-corrected chi connectivity index (χ1v) is 13.1. The summed E-state index contributed by atoms with van der Waals surface area (Å²) in [5, 5.41) is 6.03. The van der Waals surface area contributed by atoms with Crippen LogP contribution in [-0.2, 0) is 26.0 Å². The Morgan fingerprint density at radius 1 is 0.943 bits per heavy atom. The number of hydrogen-bond acceptors (Lipinski definition) is 4. The van der Waals surface area contributed by atoms with E-state index in [-0.39, 0.29) is 29.7 Å². The Morgan fingerprint density at radius 3 is 2.37 bits per heavy atom. The zero-order chi connectivity index (χ0) is 25.0. The van der Waals surface area contributed by atoms with Gasteiger partial charge in [0.05, 0.1) is 10.9 Å². The van der Waals surface area contributed by atoms with Crippen LogP contribution in [0.4, 0.5) is 11.4 Å². The van der Waals surface area contributed by atoms with Gasteiger partial charge < -0.3 is 10.6 Å². The first-order valence-electron chi connectivity index (χ1n) is 11.3. The van der Waals surface area contributed by atoms with Crippen LogP contribution >= 0.6 is 11.6 Å². The highest BCUT2D eigenvalue weighted by Gasteiger charge is 2.37. The summed E-state index contributed by atoms with van der Waals surface area (Å²) in [6.45, 7) is 1.99. The number of rotatable bonds is 7. The van der Waals surface area contributed by atoms with Gasteiger partial charge in [-0.1, -0.05) is 48.9 Å². The van der Waals surface area contributed by atoms with E-state index in [0.717, 1.165) is 11.1 Å². The number of halogens is 1. The van der Waals surface area contributed by atoms with E-state index in [1.165, 1.54) is 16.4 Å². The summed E-state index contributed by atoms with van der Waals surface area (Å²) in [6.07, 6.45) is 0.825. The lowest BCUT2D eigenvalue weighted by Crippen LogP contribution is -2.41. The predicted octanol–water partition coefficient (Wildman–Crippen LogP) is 5.01. The Balaban J connectivity index is 1.62. The SMILES string of the molecule is CCC(=O)Nc1ccc(S(=O)(=O)N2CCc3ccccc3C2CC(=O)Nc2cccc(Cl)c2)cc1. The third-order valence-electron chi connectivity index (χ3n) is 5.92. The largest absolute Gasteiger partial charge is 0.326 e. The lowest BCUT2D eigenvalue weighted by molar-refractivity contribution is -0.117. The summed E-state index contributed by atoms with van der Waals surface area (Å²) in [5.74, 6) is -0.467. The molecule has 0 fully saturated rings. The molecule has 2 amide bonds. The maximum atomic E-state index is 13.7. The highest BCUT2D eigenvalue weighted by atomic mass is 35.5. The molecule has 0 saturated carbocycles. The molecule has 3 aromatic carbocycles. The summed E-state index contributed by atoms with van der Waals surface area (Å²) in [7, 11) is -3.91. The first kappa shape index (κ1) is 24.9. The fourth-order valence-corrected chi connectivity index (χ4v) is 5.97. The van der Waals surface area contributed by atoms with Crippen molar-refractivity contribution >= 4 is 44.8 Å². The van der Waals surface area contributed by atoms with Crippen molar-refractivity contribution in [3.05, 3.63) is 88.9 Å². The lowest BCUT2D eigenvalue weighted by Gasteiger charge is -2.36. The van der Waals surface area contributed by atoms with Crippen molar-refractivity contribution in [2.45, 2.75) is 37.1 Å². The van der Waals surface area contributed by atoms with Gasteiger partial charge in [0.2, 0.25) is 21.8 Å². The molecule has 1 unspecified atom stereocenters. The Hall–Kier alpha value is -3.20. The van der Waals surface area contributed by atoms with Gasteiger partial charge in [0.1, 0.15) is 0 Å². The molecule has 7 nitrogen and oxygen atoms in total. The quantitative estimate of drug-likeness (QED) is 0.466. The van der Waals surface area contributed by atoms with E-state index < -0.39 is 16.1 Å². The summed E-state index contributed by atoms with van der Waals surface area (Å²) < 4.78 is 28.7. The molecule has 1 aliphatic heterocycles. The van der Waals surface area contributed by atoms with Crippen LogP contribution in [0.5, 0.6) is 0 Å². The molecule has 0 saturated heterocycles. The van der Waals surface area contributed by atoms with Gasteiger partial charge in [0.25, 0.3) is 0 Å². The third kappa shape index (κ3) is 5.73. The van der Waals surface area contributed by atoms with Gasteiger partial charge in [-0.15, -0.1) is 0 Å². The molecular weight excluding hydrogens is 486 g/mol. The van der Waals surface area contributed by atoms with Crippen LogP contribution in [0, 0.1) is 0 Å². The molecule has 182 valence electrons. The molecule has 9 heteroatoms. The number of carbonyl (C=O) groups excluding carboxylic acids is 2. The molecular formula is C26H26ClN3O4S. The molecule has 1 aliphatic rings. The number of carbonyl (C=O) groups is 2. The Labute approximate surface area is 210 Å². The van der Waals surface area contributed by atoms with Crippen LogP contribution in [0.1, 0.15) is 36.9 Å². The standard InChI is InChI=1S/C26H26ClN3O4S/c1-2-25(31)28-20-10-12-22(13-11-20)35(33,34)30-15-14-18-6-3-4-9-23(18)24(30)17-26(32)29-21-8-5-7-19(27)16-21/h3-13,16,24H,2,14-15,17H2,1H3,(H,28,31)(H,29,32). The van der Waals surface area contributed by atoms with Crippen molar-refractivity contribution in [2.75, 3.05) is 17.2 Å². The molecule has 0 spiro atoms. The van der Waals surface area contributed by atoms with Crippen molar-refractivity contribution < 1.29 is 18.0 Å². The molecule has 0 bridgehead atoms. The van der Waals surface area contributed by atoms with Crippen LogP contribution in [-0.4, -0.2) is 31.1 Å². The van der Waals surface area contributed by atoms with Gasteiger partial charge in [0.15, 0.2) is 0 Å². The smallest absolute Gasteiger partial charge is 0.243 e. The number of hydrogen-bond donors (Lipinski definition) is 2. The molecule has 1 heterocycles. The van der Waals surface area contributed by atoms with Gasteiger partial charge in [0, 0.05) is 35.8 Å². The number of nitrogens with one attached hydrogen (secondary N) is 2. The second-order valence-electron chi connectivity index (χ2n) is 8.27. The minimum absolute atomic E-state index is 0.0482.